The molecular formula is C17H19FN4O3S. The Morgan fingerprint density at radius 3 is 2.92 bits per heavy atom. The van der Waals surface area contributed by atoms with Crippen molar-refractivity contribution in [1.82, 2.24) is 15.1 Å². The van der Waals surface area contributed by atoms with Crippen LogP contribution in [0.25, 0.3) is 0 Å². The van der Waals surface area contributed by atoms with E-state index in [0.29, 0.717) is 29.5 Å². The van der Waals surface area contributed by atoms with Gasteiger partial charge in [0.05, 0.1) is 5.92 Å². The predicted octanol–water partition coefficient (Wildman–Crippen LogP) is 2.84. The zero-order valence-corrected chi connectivity index (χ0v) is 15.0. The fraction of sp³-hybridized carbons (Fsp3) is 0.412. The summed E-state index contributed by atoms with van der Waals surface area (Å²) in [5.74, 6) is -1.63. The minimum Gasteiger partial charge on any atom is -0.481 e. The van der Waals surface area contributed by atoms with Crippen LogP contribution >= 0.6 is 11.3 Å². The third-order valence-corrected chi connectivity index (χ3v) is 5.06. The maximum absolute atomic E-state index is 13.2. The van der Waals surface area contributed by atoms with Crippen LogP contribution in [0.3, 0.4) is 0 Å². The molecule has 0 spiro atoms. The van der Waals surface area contributed by atoms with Crippen molar-refractivity contribution < 1.29 is 19.1 Å². The lowest BCUT2D eigenvalue weighted by Gasteiger charge is -2.34. The smallest absolute Gasteiger partial charge is 0.323 e. The van der Waals surface area contributed by atoms with Gasteiger partial charge in [0, 0.05) is 19.5 Å². The number of carboxylic acid groups (broad SMARTS) is 1. The summed E-state index contributed by atoms with van der Waals surface area (Å²) in [5, 5.41) is 20.8. The molecule has 2 amide bonds. The van der Waals surface area contributed by atoms with Crippen LogP contribution in [-0.2, 0) is 11.2 Å². The summed E-state index contributed by atoms with van der Waals surface area (Å²) in [6, 6.07) is 5.85. The summed E-state index contributed by atoms with van der Waals surface area (Å²) in [6.45, 7) is 2.61. The quantitative estimate of drug-likeness (QED) is 0.853. The monoisotopic (exact) mass is 378 g/mol. The molecule has 9 heteroatoms. The topological polar surface area (TPSA) is 95.4 Å². The summed E-state index contributed by atoms with van der Waals surface area (Å²) in [7, 11) is 0. The molecule has 0 bridgehead atoms. The second-order valence-corrected chi connectivity index (χ2v) is 7.58. The van der Waals surface area contributed by atoms with Gasteiger partial charge in [0.1, 0.15) is 10.8 Å². The number of benzene rings is 1. The number of carbonyl (C=O) groups is 2. The third-order valence-electron chi connectivity index (χ3n) is 4.22. The summed E-state index contributed by atoms with van der Waals surface area (Å²) >= 11 is 1.21. The van der Waals surface area contributed by atoms with Crippen molar-refractivity contribution in [3.05, 3.63) is 40.7 Å². The van der Waals surface area contributed by atoms with Gasteiger partial charge in [-0.3, -0.25) is 10.1 Å². The van der Waals surface area contributed by atoms with Gasteiger partial charge < -0.3 is 10.0 Å². The molecule has 1 aliphatic rings. The fourth-order valence-corrected chi connectivity index (χ4v) is 3.83. The molecule has 2 atom stereocenters. The Hall–Kier alpha value is -2.55. The Labute approximate surface area is 153 Å². The maximum Gasteiger partial charge on any atom is 0.323 e. The molecule has 26 heavy (non-hydrogen) atoms. The Kier molecular flexibility index (Phi) is 5.46. The van der Waals surface area contributed by atoms with Gasteiger partial charge in [-0.1, -0.05) is 30.4 Å². The number of halogens is 1. The van der Waals surface area contributed by atoms with Crippen LogP contribution in [0.5, 0.6) is 0 Å². The number of carboxylic acids is 1. The average Bonchev–Trinajstić information content (AvgIpc) is 3.01. The second kappa shape index (κ2) is 7.77. The van der Waals surface area contributed by atoms with Crippen LogP contribution in [0.4, 0.5) is 14.3 Å². The fourth-order valence-electron chi connectivity index (χ4n) is 3.06. The van der Waals surface area contributed by atoms with Gasteiger partial charge in [0.2, 0.25) is 5.13 Å². The van der Waals surface area contributed by atoms with Crippen molar-refractivity contribution in [3.8, 4) is 0 Å². The van der Waals surface area contributed by atoms with Gasteiger partial charge in [-0.25, -0.2) is 9.18 Å². The highest BCUT2D eigenvalue weighted by molar-refractivity contribution is 7.15. The first-order chi connectivity index (χ1) is 12.4. The number of carbonyl (C=O) groups excluding carboxylic acids is 1. The summed E-state index contributed by atoms with van der Waals surface area (Å²) in [4.78, 5) is 25.1. The number of likely N-dealkylation sites (tertiary alicyclic amines) is 1. The molecule has 1 saturated heterocycles. The summed E-state index contributed by atoms with van der Waals surface area (Å²) < 4.78 is 13.2. The van der Waals surface area contributed by atoms with Gasteiger partial charge in [0.15, 0.2) is 0 Å². The number of hydrogen-bond acceptors (Lipinski definition) is 5. The van der Waals surface area contributed by atoms with Crippen molar-refractivity contribution in [1.29, 1.82) is 0 Å². The second-order valence-electron chi connectivity index (χ2n) is 6.52. The van der Waals surface area contributed by atoms with Gasteiger partial charge in [-0.2, -0.15) is 0 Å². The van der Waals surface area contributed by atoms with Crippen molar-refractivity contribution in [3.63, 3.8) is 0 Å². The first-order valence-corrected chi connectivity index (χ1v) is 9.08. The van der Waals surface area contributed by atoms with E-state index in [-0.39, 0.29) is 24.3 Å². The molecule has 3 rings (SSSR count). The number of anilines is 1. The van der Waals surface area contributed by atoms with E-state index in [1.807, 2.05) is 6.92 Å². The lowest BCUT2D eigenvalue weighted by atomic mass is 9.91. The zero-order chi connectivity index (χ0) is 18.7. The average molecular weight is 378 g/mol. The van der Waals surface area contributed by atoms with E-state index >= 15 is 0 Å². The first kappa shape index (κ1) is 18.2. The molecule has 138 valence electrons. The van der Waals surface area contributed by atoms with E-state index in [1.165, 1.54) is 28.4 Å². The predicted molar refractivity (Wildman–Crippen MR) is 94.6 cm³/mol. The lowest BCUT2D eigenvalue weighted by molar-refractivity contribution is -0.143. The first-order valence-electron chi connectivity index (χ1n) is 8.26. The number of aliphatic carboxylic acids is 1. The van der Waals surface area contributed by atoms with E-state index in [4.69, 9.17) is 0 Å². The van der Waals surface area contributed by atoms with Gasteiger partial charge in [0.25, 0.3) is 0 Å². The van der Waals surface area contributed by atoms with Gasteiger partial charge in [-0.05, 0) is 30.0 Å². The molecule has 0 radical (unpaired) electrons. The Morgan fingerprint density at radius 1 is 1.38 bits per heavy atom. The van der Waals surface area contributed by atoms with Crippen LogP contribution in [0.2, 0.25) is 0 Å². The zero-order valence-electron chi connectivity index (χ0n) is 14.2. The Balaban J connectivity index is 1.61. The molecule has 1 aliphatic heterocycles. The Morgan fingerprint density at radius 2 is 2.19 bits per heavy atom. The number of piperidine rings is 1. The molecule has 2 aromatic rings. The van der Waals surface area contributed by atoms with Gasteiger partial charge in [-0.15, -0.1) is 10.2 Å². The SMILES string of the molecule is CC1CC(C(=O)O)CN(C(=O)Nc2nnc(Cc3cccc(F)c3)s2)C1. The van der Waals surface area contributed by atoms with Crippen LogP contribution in [-0.4, -0.2) is 45.3 Å². The van der Waals surface area contributed by atoms with E-state index in [0.717, 1.165) is 5.56 Å². The van der Waals surface area contributed by atoms with Gasteiger partial charge >= 0.3 is 12.0 Å². The number of nitrogens with one attached hydrogen (secondary N) is 1. The van der Waals surface area contributed by atoms with Crippen molar-refractivity contribution in [2.24, 2.45) is 11.8 Å². The summed E-state index contributed by atoms with van der Waals surface area (Å²) in [5.41, 5.74) is 0.771. The summed E-state index contributed by atoms with van der Waals surface area (Å²) in [6.07, 6.45) is 0.989. The largest absolute Gasteiger partial charge is 0.481 e. The highest BCUT2D eigenvalue weighted by Crippen LogP contribution is 2.24. The highest BCUT2D eigenvalue weighted by atomic mass is 32.1. The number of aromatic nitrogens is 2. The molecule has 0 aliphatic carbocycles. The van der Waals surface area contributed by atoms with E-state index < -0.39 is 11.9 Å². The third kappa shape index (κ3) is 4.54. The molecule has 2 unspecified atom stereocenters. The maximum atomic E-state index is 13.2. The normalized spacial score (nSPS) is 20.0. The molecule has 0 saturated carbocycles. The van der Waals surface area contributed by atoms with Crippen molar-refractivity contribution >= 4 is 28.5 Å². The number of urea groups is 1. The molecule has 2 heterocycles. The molecule has 7 nitrogen and oxygen atoms in total. The molecule has 1 fully saturated rings. The highest BCUT2D eigenvalue weighted by Gasteiger charge is 2.32. The number of rotatable bonds is 4. The molecule has 1 aromatic carbocycles. The van der Waals surface area contributed by atoms with Crippen molar-refractivity contribution in [2.75, 3.05) is 18.4 Å². The van der Waals surface area contributed by atoms with E-state index in [1.54, 1.807) is 12.1 Å². The van der Waals surface area contributed by atoms with E-state index in [2.05, 4.69) is 15.5 Å². The molecule has 2 N–H and O–H groups in total. The number of nitrogens with zero attached hydrogens (tertiary/aromatic N) is 3. The van der Waals surface area contributed by atoms with Crippen LogP contribution in [0, 0.1) is 17.7 Å². The minimum absolute atomic E-state index is 0.119. The standard InChI is InChI=1S/C17H19FN4O3S/c1-10-5-12(15(23)24)9-22(8-10)17(25)19-16-21-20-14(26-16)7-11-3-2-4-13(18)6-11/h2-4,6,10,12H,5,7-9H2,1H3,(H,23,24)(H,19,21,25). The van der Waals surface area contributed by atoms with Crippen LogP contribution < -0.4 is 5.32 Å². The Bertz CT molecular complexity index is 813. The van der Waals surface area contributed by atoms with Crippen LogP contribution in [0.15, 0.2) is 24.3 Å². The number of hydrogen-bond donors (Lipinski definition) is 2. The van der Waals surface area contributed by atoms with Crippen molar-refractivity contribution in [2.45, 2.75) is 19.8 Å². The lowest BCUT2D eigenvalue weighted by Crippen LogP contribution is -2.47. The van der Waals surface area contributed by atoms with E-state index in [9.17, 15) is 19.1 Å². The molecule has 1 aromatic heterocycles. The molecular weight excluding hydrogens is 359 g/mol. The van der Waals surface area contributed by atoms with Crippen LogP contribution in [0.1, 0.15) is 23.9 Å². The minimum atomic E-state index is -0.886. The number of amides is 2.